The van der Waals surface area contributed by atoms with Gasteiger partial charge in [0.1, 0.15) is 4.21 Å². The highest BCUT2D eigenvalue weighted by atomic mass is 79.9. The minimum Gasteiger partial charge on any atom is -0.336 e. The molecule has 1 aliphatic rings. The number of carbonyl (C=O) groups excluding carboxylic acids is 1. The van der Waals surface area contributed by atoms with E-state index >= 15 is 0 Å². The summed E-state index contributed by atoms with van der Waals surface area (Å²) in [6.45, 7) is 2.85. The van der Waals surface area contributed by atoms with Crippen molar-refractivity contribution in [2.24, 2.45) is 0 Å². The third-order valence-corrected chi connectivity index (χ3v) is 7.76. The third-order valence-electron chi connectivity index (χ3n) is 4.26. The first-order valence-corrected chi connectivity index (χ1v) is 11.2. The van der Waals surface area contributed by atoms with Crippen LogP contribution in [-0.4, -0.2) is 31.8 Å². The summed E-state index contributed by atoms with van der Waals surface area (Å²) in [5.41, 5.74) is 1.02. The lowest BCUT2D eigenvalue weighted by atomic mass is 10.0. The Hall–Kier alpha value is -1.38. The molecule has 1 unspecified atom stereocenters. The smallest absolute Gasteiger partial charge is 0.271 e. The molecule has 3 rings (SSSR count). The average Bonchev–Trinajstić information content (AvgIpc) is 3.03. The minimum absolute atomic E-state index is 0.00351. The molecule has 134 valence electrons. The van der Waals surface area contributed by atoms with Gasteiger partial charge in [-0.05, 0) is 78.5 Å². The second-order valence-corrected chi connectivity index (χ2v) is 10.5. The van der Waals surface area contributed by atoms with Gasteiger partial charge in [-0.1, -0.05) is 0 Å². The fourth-order valence-corrected chi connectivity index (χ4v) is 5.96. The molecule has 0 bridgehead atoms. The molecule has 1 saturated heterocycles. The molecule has 0 radical (unpaired) electrons. The van der Waals surface area contributed by atoms with Crippen LogP contribution < -0.4 is 4.72 Å². The van der Waals surface area contributed by atoms with Crippen LogP contribution in [0.25, 0.3) is 0 Å². The summed E-state index contributed by atoms with van der Waals surface area (Å²) in [6.07, 6.45) is 3.22. The van der Waals surface area contributed by atoms with Crippen molar-refractivity contribution in [2.45, 2.75) is 36.4 Å². The second kappa shape index (κ2) is 7.47. The van der Waals surface area contributed by atoms with Gasteiger partial charge >= 0.3 is 0 Å². The van der Waals surface area contributed by atoms with E-state index in [0.29, 0.717) is 11.3 Å². The van der Waals surface area contributed by atoms with Gasteiger partial charge < -0.3 is 4.90 Å². The number of carbonyl (C=O) groups is 1. The number of anilines is 1. The lowest BCUT2D eigenvalue weighted by Gasteiger charge is -2.33. The maximum atomic E-state index is 12.6. The van der Waals surface area contributed by atoms with Crippen LogP contribution in [0.5, 0.6) is 0 Å². The van der Waals surface area contributed by atoms with E-state index in [2.05, 4.69) is 27.6 Å². The van der Waals surface area contributed by atoms with Gasteiger partial charge in [-0.25, -0.2) is 8.42 Å². The quantitative estimate of drug-likeness (QED) is 0.765. The number of likely N-dealkylation sites (tertiary alicyclic amines) is 1. The van der Waals surface area contributed by atoms with E-state index in [1.807, 2.05) is 4.90 Å². The molecule has 1 N–H and O–H groups in total. The molecule has 1 aliphatic heterocycles. The first-order chi connectivity index (χ1) is 11.9. The van der Waals surface area contributed by atoms with Crippen LogP contribution in [0.3, 0.4) is 0 Å². The number of piperidine rings is 1. The molecule has 2 heterocycles. The van der Waals surface area contributed by atoms with E-state index in [1.54, 1.807) is 36.4 Å². The van der Waals surface area contributed by atoms with Crippen molar-refractivity contribution in [3.63, 3.8) is 0 Å². The first-order valence-electron chi connectivity index (χ1n) is 8.06. The summed E-state index contributed by atoms with van der Waals surface area (Å²) in [5, 5.41) is 0. The van der Waals surface area contributed by atoms with Gasteiger partial charge in [-0.15, -0.1) is 11.3 Å². The van der Waals surface area contributed by atoms with Crippen LogP contribution >= 0.6 is 27.3 Å². The Morgan fingerprint density at radius 3 is 2.52 bits per heavy atom. The molecule has 0 spiro atoms. The van der Waals surface area contributed by atoms with E-state index in [9.17, 15) is 13.2 Å². The molecule has 1 amide bonds. The van der Waals surface area contributed by atoms with Crippen molar-refractivity contribution < 1.29 is 13.2 Å². The maximum absolute atomic E-state index is 12.6. The van der Waals surface area contributed by atoms with Crippen LogP contribution in [0.15, 0.2) is 44.4 Å². The Morgan fingerprint density at radius 2 is 1.92 bits per heavy atom. The first kappa shape index (κ1) is 18.4. The topological polar surface area (TPSA) is 66.5 Å². The van der Waals surface area contributed by atoms with Crippen LogP contribution in [0.2, 0.25) is 0 Å². The fourth-order valence-electron chi connectivity index (χ4n) is 2.89. The lowest BCUT2D eigenvalue weighted by Crippen LogP contribution is -2.42. The molecule has 1 atom stereocenters. The molecule has 8 heteroatoms. The Morgan fingerprint density at radius 1 is 1.20 bits per heavy atom. The standard InChI is InChI=1S/C17H19BrN2O3S2/c1-12-4-2-3-11-20(12)17(21)13-5-7-14(8-6-13)19-25(22,23)16-10-9-15(18)24-16/h5-10,12,19H,2-4,11H2,1H3. The molecular weight excluding hydrogens is 424 g/mol. The summed E-state index contributed by atoms with van der Waals surface area (Å²) in [7, 11) is -3.61. The van der Waals surface area contributed by atoms with E-state index in [1.165, 1.54) is 0 Å². The molecule has 0 aliphatic carbocycles. The van der Waals surface area contributed by atoms with Crippen molar-refractivity contribution in [2.75, 3.05) is 11.3 Å². The lowest BCUT2D eigenvalue weighted by molar-refractivity contribution is 0.0635. The van der Waals surface area contributed by atoms with Crippen molar-refractivity contribution in [3.05, 3.63) is 45.7 Å². The zero-order valence-electron chi connectivity index (χ0n) is 13.7. The maximum Gasteiger partial charge on any atom is 0.271 e. The van der Waals surface area contributed by atoms with E-state index < -0.39 is 10.0 Å². The van der Waals surface area contributed by atoms with E-state index in [-0.39, 0.29) is 16.2 Å². The SMILES string of the molecule is CC1CCCCN1C(=O)c1ccc(NS(=O)(=O)c2ccc(Br)s2)cc1. The predicted octanol–water partition coefficient (Wildman–Crippen LogP) is 4.33. The summed E-state index contributed by atoms with van der Waals surface area (Å²) in [4.78, 5) is 14.5. The second-order valence-electron chi connectivity index (χ2n) is 6.08. The van der Waals surface area contributed by atoms with Gasteiger partial charge in [-0.2, -0.15) is 0 Å². The van der Waals surface area contributed by atoms with Crippen molar-refractivity contribution in [1.82, 2.24) is 4.90 Å². The molecular formula is C17H19BrN2O3S2. The number of rotatable bonds is 4. The normalized spacial score (nSPS) is 18.2. The fraction of sp³-hybridized carbons (Fsp3) is 0.353. The molecule has 1 aromatic carbocycles. The number of nitrogens with one attached hydrogen (secondary N) is 1. The highest BCUT2D eigenvalue weighted by molar-refractivity contribution is 9.11. The predicted molar refractivity (Wildman–Crippen MR) is 104 cm³/mol. The average molecular weight is 443 g/mol. The van der Waals surface area contributed by atoms with Gasteiger partial charge in [0.05, 0.1) is 3.79 Å². The van der Waals surface area contributed by atoms with Gasteiger partial charge in [0.2, 0.25) is 0 Å². The van der Waals surface area contributed by atoms with Crippen LogP contribution in [0.4, 0.5) is 5.69 Å². The molecule has 25 heavy (non-hydrogen) atoms. The zero-order chi connectivity index (χ0) is 18.0. The Kier molecular flexibility index (Phi) is 5.50. The van der Waals surface area contributed by atoms with Crippen molar-refractivity contribution in [3.8, 4) is 0 Å². The number of halogens is 1. The molecule has 5 nitrogen and oxygen atoms in total. The number of hydrogen-bond acceptors (Lipinski definition) is 4. The molecule has 0 saturated carbocycles. The highest BCUT2D eigenvalue weighted by Crippen LogP contribution is 2.28. The Bertz CT molecular complexity index is 862. The van der Waals surface area contributed by atoms with Crippen molar-refractivity contribution >= 4 is 48.9 Å². The van der Waals surface area contributed by atoms with Crippen LogP contribution in [-0.2, 0) is 10.0 Å². The Labute approximate surface area is 160 Å². The third kappa shape index (κ3) is 4.24. The number of benzene rings is 1. The van der Waals surface area contributed by atoms with Gasteiger partial charge in [0.15, 0.2) is 0 Å². The summed E-state index contributed by atoms with van der Waals surface area (Å²) in [6, 6.07) is 10.1. The number of sulfonamides is 1. The molecule has 2 aromatic rings. The minimum atomic E-state index is -3.61. The number of nitrogens with zero attached hydrogens (tertiary/aromatic N) is 1. The number of amides is 1. The largest absolute Gasteiger partial charge is 0.336 e. The van der Waals surface area contributed by atoms with Gasteiger partial charge in [0, 0.05) is 23.8 Å². The van der Waals surface area contributed by atoms with Crippen LogP contribution in [0, 0.1) is 0 Å². The van der Waals surface area contributed by atoms with Crippen LogP contribution in [0.1, 0.15) is 36.5 Å². The van der Waals surface area contributed by atoms with Crippen molar-refractivity contribution in [1.29, 1.82) is 0 Å². The Balaban J connectivity index is 1.73. The summed E-state index contributed by atoms with van der Waals surface area (Å²) >= 11 is 4.41. The van der Waals surface area contributed by atoms with E-state index in [4.69, 9.17) is 0 Å². The monoisotopic (exact) mass is 442 g/mol. The van der Waals surface area contributed by atoms with E-state index in [0.717, 1.165) is 40.9 Å². The molecule has 1 aromatic heterocycles. The summed E-state index contributed by atoms with van der Waals surface area (Å²) < 4.78 is 28.2. The highest BCUT2D eigenvalue weighted by Gasteiger charge is 2.24. The molecule has 1 fully saturated rings. The number of hydrogen-bond donors (Lipinski definition) is 1. The summed E-state index contributed by atoms with van der Waals surface area (Å²) in [5.74, 6) is 0.00351. The van der Waals surface area contributed by atoms with Gasteiger partial charge in [0.25, 0.3) is 15.9 Å². The zero-order valence-corrected chi connectivity index (χ0v) is 17.0. The number of thiophene rings is 1. The van der Waals surface area contributed by atoms with Gasteiger partial charge in [-0.3, -0.25) is 9.52 Å².